The molecule has 0 N–H and O–H groups in total. The van der Waals surface area contributed by atoms with E-state index in [0.717, 1.165) is 18.5 Å². The highest BCUT2D eigenvalue weighted by Crippen LogP contribution is 2.23. The van der Waals surface area contributed by atoms with E-state index < -0.39 is 0 Å². The summed E-state index contributed by atoms with van der Waals surface area (Å²) in [5.74, 6) is 0. The molecule has 2 rings (SSSR count). The summed E-state index contributed by atoms with van der Waals surface area (Å²) in [6.45, 7) is 0. The summed E-state index contributed by atoms with van der Waals surface area (Å²) < 4.78 is 0. The van der Waals surface area contributed by atoms with Crippen molar-refractivity contribution >= 4 is 29.1 Å². The first kappa shape index (κ1) is 8.36. The molecule has 0 fully saturated rings. The van der Waals surface area contributed by atoms with Gasteiger partial charge in [0.05, 0.1) is 10.8 Å². The van der Waals surface area contributed by atoms with Crippen LogP contribution in [0, 0.1) is 0 Å². The number of isothiocyanates is 1. The molecule has 0 saturated carbocycles. The average molecular weight is 187 g/mol. The number of benzene rings is 1. The van der Waals surface area contributed by atoms with Crippen LogP contribution in [0.3, 0.4) is 0 Å². The predicted molar refractivity (Wildman–Crippen MR) is 58.5 cm³/mol. The Labute approximate surface area is 82.8 Å². The minimum atomic E-state index is 0.907. The van der Waals surface area contributed by atoms with Gasteiger partial charge in [0.15, 0.2) is 0 Å². The van der Waals surface area contributed by atoms with Crippen molar-refractivity contribution in [2.24, 2.45) is 4.99 Å². The lowest BCUT2D eigenvalue weighted by atomic mass is 9.97. The molecule has 0 saturated heterocycles. The van der Waals surface area contributed by atoms with Gasteiger partial charge < -0.3 is 0 Å². The Kier molecular flexibility index (Phi) is 2.35. The van der Waals surface area contributed by atoms with E-state index in [0.29, 0.717) is 0 Å². The molecule has 1 aliphatic rings. The molecule has 0 spiro atoms. The third-order valence-corrected chi connectivity index (χ3v) is 2.27. The summed E-state index contributed by atoms with van der Waals surface area (Å²) >= 11 is 4.56. The van der Waals surface area contributed by atoms with E-state index in [1.165, 1.54) is 11.1 Å². The highest BCUT2D eigenvalue weighted by atomic mass is 32.1. The molecule has 1 nitrogen and oxygen atoms in total. The second-order valence-electron chi connectivity index (χ2n) is 3.03. The first-order valence-electron chi connectivity index (χ1n) is 4.27. The molecule has 1 aromatic carbocycles. The standard InChI is InChI=1S/C11H9NS/c13-8-12-11-6-5-9-3-1-2-4-10(9)7-11/h1,3,5-7H,2,4H2. The van der Waals surface area contributed by atoms with Crippen LogP contribution >= 0.6 is 12.2 Å². The van der Waals surface area contributed by atoms with E-state index in [9.17, 15) is 0 Å². The number of aliphatic imine (C=N–C) groups is 1. The maximum Gasteiger partial charge on any atom is 0.0742 e. The van der Waals surface area contributed by atoms with E-state index in [2.05, 4.69) is 46.7 Å². The predicted octanol–water partition coefficient (Wildman–Crippen LogP) is 3.38. The third kappa shape index (κ3) is 1.74. The van der Waals surface area contributed by atoms with Gasteiger partial charge in [-0.1, -0.05) is 18.2 Å². The van der Waals surface area contributed by atoms with Crippen LogP contribution in [-0.4, -0.2) is 5.16 Å². The lowest BCUT2D eigenvalue weighted by molar-refractivity contribution is 0.985. The Morgan fingerprint density at radius 3 is 3.15 bits per heavy atom. The lowest BCUT2D eigenvalue weighted by Gasteiger charge is -2.09. The number of aryl methyl sites for hydroxylation is 1. The van der Waals surface area contributed by atoms with Gasteiger partial charge in [0.1, 0.15) is 0 Å². The summed E-state index contributed by atoms with van der Waals surface area (Å²) in [5.41, 5.74) is 3.56. The maximum atomic E-state index is 4.56. The molecule has 1 aliphatic carbocycles. The van der Waals surface area contributed by atoms with E-state index in [1.807, 2.05) is 6.07 Å². The topological polar surface area (TPSA) is 12.4 Å². The van der Waals surface area contributed by atoms with Gasteiger partial charge in [-0.3, -0.25) is 0 Å². The van der Waals surface area contributed by atoms with Crippen LogP contribution in [0.5, 0.6) is 0 Å². The second-order valence-corrected chi connectivity index (χ2v) is 3.21. The fourth-order valence-corrected chi connectivity index (χ4v) is 1.65. The lowest BCUT2D eigenvalue weighted by Crippen LogP contribution is -1.92. The fourth-order valence-electron chi connectivity index (χ4n) is 1.54. The molecule has 0 amide bonds. The molecule has 0 unspecified atom stereocenters. The number of fused-ring (bicyclic) bond motifs is 1. The van der Waals surface area contributed by atoms with Crippen molar-refractivity contribution in [2.45, 2.75) is 12.8 Å². The van der Waals surface area contributed by atoms with Crippen molar-refractivity contribution in [1.82, 2.24) is 0 Å². The highest BCUT2D eigenvalue weighted by molar-refractivity contribution is 7.78. The molecule has 2 heteroatoms. The average Bonchev–Trinajstić information content (AvgIpc) is 2.18. The molecule has 1 aromatic rings. The molecule has 13 heavy (non-hydrogen) atoms. The van der Waals surface area contributed by atoms with E-state index in [-0.39, 0.29) is 0 Å². The van der Waals surface area contributed by atoms with Gasteiger partial charge in [-0.15, -0.1) is 0 Å². The van der Waals surface area contributed by atoms with Crippen LogP contribution in [0.4, 0.5) is 5.69 Å². The summed E-state index contributed by atoms with van der Waals surface area (Å²) in [7, 11) is 0. The van der Waals surface area contributed by atoms with Crippen molar-refractivity contribution in [3.8, 4) is 0 Å². The number of allylic oxidation sites excluding steroid dienone is 1. The number of rotatable bonds is 1. The molecule has 0 aliphatic heterocycles. The number of hydrogen-bond donors (Lipinski definition) is 0. The zero-order valence-corrected chi connectivity index (χ0v) is 7.97. The fraction of sp³-hybridized carbons (Fsp3) is 0.182. The van der Waals surface area contributed by atoms with Gasteiger partial charge in [0.2, 0.25) is 0 Å². The molecular weight excluding hydrogens is 178 g/mol. The minimum absolute atomic E-state index is 0.907. The van der Waals surface area contributed by atoms with E-state index in [1.54, 1.807) is 0 Å². The van der Waals surface area contributed by atoms with Crippen molar-refractivity contribution in [2.75, 3.05) is 0 Å². The molecule has 64 valence electrons. The van der Waals surface area contributed by atoms with Gasteiger partial charge in [0, 0.05) is 0 Å². The molecule has 0 aromatic heterocycles. The Morgan fingerprint density at radius 2 is 2.31 bits per heavy atom. The first-order valence-corrected chi connectivity index (χ1v) is 4.68. The number of thiocarbonyl (C=S) groups is 1. The Balaban J connectivity index is 2.47. The number of nitrogens with zero attached hydrogens (tertiary/aromatic N) is 1. The zero-order valence-electron chi connectivity index (χ0n) is 7.16. The third-order valence-electron chi connectivity index (χ3n) is 2.18. The SMILES string of the molecule is S=C=Nc1ccc2c(c1)CCC=C2. The van der Waals surface area contributed by atoms with Gasteiger partial charge in [-0.05, 0) is 48.3 Å². The van der Waals surface area contributed by atoms with Crippen molar-refractivity contribution in [3.63, 3.8) is 0 Å². The Bertz CT molecular complexity index is 401. The summed E-state index contributed by atoms with van der Waals surface area (Å²) in [6.07, 6.45) is 6.58. The van der Waals surface area contributed by atoms with Crippen molar-refractivity contribution in [1.29, 1.82) is 0 Å². The quantitative estimate of drug-likeness (QED) is 0.485. The van der Waals surface area contributed by atoms with Crippen LogP contribution in [0.2, 0.25) is 0 Å². The monoisotopic (exact) mass is 187 g/mol. The molecule has 0 radical (unpaired) electrons. The summed E-state index contributed by atoms with van der Waals surface area (Å²) in [5, 5.41) is 2.38. The van der Waals surface area contributed by atoms with Crippen LogP contribution < -0.4 is 0 Å². The van der Waals surface area contributed by atoms with E-state index in [4.69, 9.17) is 0 Å². The Morgan fingerprint density at radius 1 is 1.38 bits per heavy atom. The van der Waals surface area contributed by atoms with Crippen LogP contribution in [0.1, 0.15) is 17.5 Å². The zero-order chi connectivity index (χ0) is 9.10. The summed E-state index contributed by atoms with van der Waals surface area (Å²) in [6, 6.07) is 6.13. The normalized spacial score (nSPS) is 13.2. The van der Waals surface area contributed by atoms with Crippen LogP contribution in [-0.2, 0) is 6.42 Å². The van der Waals surface area contributed by atoms with Crippen molar-refractivity contribution < 1.29 is 0 Å². The molecule has 0 atom stereocenters. The van der Waals surface area contributed by atoms with Gasteiger partial charge in [0.25, 0.3) is 0 Å². The second kappa shape index (κ2) is 3.65. The van der Waals surface area contributed by atoms with Gasteiger partial charge >= 0.3 is 0 Å². The summed E-state index contributed by atoms with van der Waals surface area (Å²) in [4.78, 5) is 3.96. The first-order chi connectivity index (χ1) is 6.40. The Hall–Kier alpha value is -1.24. The highest BCUT2D eigenvalue weighted by Gasteiger charge is 2.03. The number of hydrogen-bond acceptors (Lipinski definition) is 2. The minimum Gasteiger partial charge on any atom is -0.195 e. The smallest absolute Gasteiger partial charge is 0.0742 e. The van der Waals surface area contributed by atoms with Crippen molar-refractivity contribution in [3.05, 3.63) is 35.4 Å². The maximum absolute atomic E-state index is 4.56. The molecular formula is C11H9NS. The van der Waals surface area contributed by atoms with Crippen LogP contribution in [0.25, 0.3) is 6.08 Å². The van der Waals surface area contributed by atoms with Gasteiger partial charge in [-0.25, -0.2) is 0 Å². The molecule has 0 heterocycles. The van der Waals surface area contributed by atoms with Crippen LogP contribution in [0.15, 0.2) is 29.3 Å². The molecule has 0 bridgehead atoms. The largest absolute Gasteiger partial charge is 0.195 e. The van der Waals surface area contributed by atoms with E-state index >= 15 is 0 Å². The van der Waals surface area contributed by atoms with Gasteiger partial charge in [-0.2, -0.15) is 4.99 Å².